The number of hydrogen-bond donors (Lipinski definition) is 3. The van der Waals surface area contributed by atoms with E-state index in [1.807, 2.05) is 31.2 Å². The molecule has 0 amide bonds. The minimum Gasteiger partial charge on any atom is -0.396 e. The zero-order valence-corrected chi connectivity index (χ0v) is 18.9. The van der Waals surface area contributed by atoms with Crippen LogP contribution in [0.2, 0.25) is 0 Å². The molecule has 1 aliphatic carbocycles. The Morgan fingerprint density at radius 3 is 2.56 bits per heavy atom. The Morgan fingerprint density at radius 2 is 1.88 bits per heavy atom. The maximum Gasteiger partial charge on any atom is 0.271 e. The molecule has 0 bridgehead atoms. The fraction of sp³-hybridized carbons (Fsp3) is 0.269. The van der Waals surface area contributed by atoms with E-state index >= 15 is 0 Å². The Morgan fingerprint density at radius 1 is 1.12 bits per heavy atom. The molecule has 1 fully saturated rings. The van der Waals surface area contributed by atoms with E-state index in [4.69, 9.17) is 0 Å². The number of rotatable bonds is 7. The van der Waals surface area contributed by atoms with Crippen molar-refractivity contribution in [2.24, 2.45) is 5.41 Å². The number of nitrogens with zero attached hydrogens (tertiary/aromatic N) is 3. The number of aromatic nitrogens is 4. The molecule has 3 N–H and O–H groups in total. The minimum atomic E-state index is -0.329. The minimum absolute atomic E-state index is 0.112. The smallest absolute Gasteiger partial charge is 0.271 e. The van der Waals surface area contributed by atoms with Crippen molar-refractivity contribution >= 4 is 5.82 Å². The number of aryl methyl sites for hydroxylation is 1. The van der Waals surface area contributed by atoms with Crippen LogP contribution in [0.1, 0.15) is 24.8 Å². The van der Waals surface area contributed by atoms with Crippen LogP contribution < -0.4 is 10.9 Å². The summed E-state index contributed by atoms with van der Waals surface area (Å²) in [5.74, 6) is 0.241. The molecule has 0 atom stereocenters. The van der Waals surface area contributed by atoms with Crippen LogP contribution in [0.3, 0.4) is 0 Å². The predicted octanol–water partition coefficient (Wildman–Crippen LogP) is 4.31. The highest BCUT2D eigenvalue weighted by Crippen LogP contribution is 2.41. The van der Waals surface area contributed by atoms with E-state index in [9.17, 15) is 14.3 Å². The van der Waals surface area contributed by atoms with Gasteiger partial charge in [0, 0.05) is 23.6 Å². The molecule has 0 unspecified atom stereocenters. The standard InChI is InChI=1S/C26H26FN5O2/c1-17-5-2-3-6-21(17)32-22(34)12-11-20(31-32)23-24(18-7-9-19(27)10-8-18)29-30-25(23)28-15-26(16-33)13-4-14-26/h2-3,5-12,33H,4,13-16H2,1H3,(H2,28,29,30). The maximum absolute atomic E-state index is 13.6. The molecule has 2 aromatic carbocycles. The fourth-order valence-electron chi connectivity index (χ4n) is 4.40. The van der Waals surface area contributed by atoms with Crippen LogP contribution in [-0.4, -0.2) is 38.2 Å². The van der Waals surface area contributed by atoms with Crippen molar-refractivity contribution < 1.29 is 9.50 Å². The summed E-state index contributed by atoms with van der Waals surface area (Å²) < 4.78 is 15.0. The lowest BCUT2D eigenvalue weighted by Crippen LogP contribution is -2.40. The first-order chi connectivity index (χ1) is 16.5. The average Bonchev–Trinajstić information content (AvgIpc) is 3.24. The van der Waals surface area contributed by atoms with E-state index in [0.29, 0.717) is 35.0 Å². The molecule has 2 aromatic heterocycles. The van der Waals surface area contributed by atoms with Gasteiger partial charge >= 0.3 is 0 Å². The maximum atomic E-state index is 13.6. The second kappa shape index (κ2) is 8.87. The third-order valence-electron chi connectivity index (χ3n) is 6.68. The van der Waals surface area contributed by atoms with Crippen LogP contribution in [0.5, 0.6) is 0 Å². The first kappa shape index (κ1) is 22.0. The third kappa shape index (κ3) is 4.01. The van der Waals surface area contributed by atoms with Gasteiger partial charge in [-0.05, 0) is 61.7 Å². The number of aliphatic hydroxyl groups excluding tert-OH is 1. The van der Waals surface area contributed by atoms with Gasteiger partial charge in [0.2, 0.25) is 0 Å². The van der Waals surface area contributed by atoms with Gasteiger partial charge in [-0.25, -0.2) is 4.39 Å². The van der Waals surface area contributed by atoms with Crippen LogP contribution in [0, 0.1) is 18.2 Å². The van der Waals surface area contributed by atoms with Gasteiger partial charge in [-0.2, -0.15) is 14.9 Å². The number of halogens is 1. The Kier molecular flexibility index (Phi) is 5.75. The number of para-hydroxylation sites is 1. The number of hydrogen-bond acceptors (Lipinski definition) is 5. The summed E-state index contributed by atoms with van der Waals surface area (Å²) in [6.07, 6.45) is 3.01. The summed E-state index contributed by atoms with van der Waals surface area (Å²) in [6, 6.07) is 16.9. The van der Waals surface area contributed by atoms with E-state index < -0.39 is 0 Å². The number of nitrogens with one attached hydrogen (secondary N) is 2. The lowest BCUT2D eigenvalue weighted by Gasteiger charge is -2.40. The van der Waals surface area contributed by atoms with E-state index in [1.165, 1.54) is 22.9 Å². The van der Waals surface area contributed by atoms with E-state index in [-0.39, 0.29) is 23.4 Å². The second-order valence-electron chi connectivity index (χ2n) is 8.95. The zero-order chi connectivity index (χ0) is 23.7. The first-order valence-electron chi connectivity index (χ1n) is 11.4. The van der Waals surface area contributed by atoms with Crippen LogP contribution in [0.15, 0.2) is 65.5 Å². The largest absolute Gasteiger partial charge is 0.396 e. The highest BCUT2D eigenvalue weighted by molar-refractivity contribution is 5.87. The Bertz CT molecular complexity index is 1370. The monoisotopic (exact) mass is 459 g/mol. The molecular formula is C26H26FN5O2. The van der Waals surface area contributed by atoms with Crippen molar-refractivity contribution in [3.05, 3.63) is 82.4 Å². The van der Waals surface area contributed by atoms with E-state index in [1.54, 1.807) is 18.2 Å². The molecular weight excluding hydrogens is 433 g/mol. The highest BCUT2D eigenvalue weighted by atomic mass is 19.1. The van der Waals surface area contributed by atoms with Crippen LogP contribution in [-0.2, 0) is 0 Å². The molecule has 4 aromatic rings. The second-order valence-corrected chi connectivity index (χ2v) is 8.95. The van der Waals surface area contributed by atoms with Crippen molar-refractivity contribution in [2.45, 2.75) is 26.2 Å². The van der Waals surface area contributed by atoms with Gasteiger partial charge in [0.25, 0.3) is 5.56 Å². The summed E-state index contributed by atoms with van der Waals surface area (Å²) in [4.78, 5) is 12.7. The number of aromatic amines is 1. The molecule has 34 heavy (non-hydrogen) atoms. The van der Waals surface area contributed by atoms with Crippen molar-refractivity contribution in [2.75, 3.05) is 18.5 Å². The van der Waals surface area contributed by atoms with Gasteiger partial charge in [0.1, 0.15) is 5.82 Å². The Hall–Kier alpha value is -3.78. The predicted molar refractivity (Wildman–Crippen MR) is 129 cm³/mol. The lowest BCUT2D eigenvalue weighted by atomic mass is 9.69. The molecule has 1 aliphatic rings. The molecule has 8 heteroatoms. The van der Waals surface area contributed by atoms with Gasteiger partial charge in [-0.1, -0.05) is 24.6 Å². The molecule has 0 radical (unpaired) electrons. The topological polar surface area (TPSA) is 95.8 Å². The van der Waals surface area contributed by atoms with Crippen molar-refractivity contribution in [1.82, 2.24) is 20.0 Å². The first-order valence-corrected chi connectivity index (χ1v) is 11.4. The summed E-state index contributed by atoms with van der Waals surface area (Å²) >= 11 is 0. The molecule has 0 aliphatic heterocycles. The SMILES string of the molecule is Cc1ccccc1-n1nc(-c2c(NCC3(CO)CCC3)n[nH]c2-c2ccc(F)cc2)ccc1=O. The van der Waals surface area contributed by atoms with Gasteiger partial charge in [-0.15, -0.1) is 0 Å². The molecule has 1 saturated carbocycles. The van der Waals surface area contributed by atoms with Crippen LogP contribution in [0.25, 0.3) is 28.2 Å². The van der Waals surface area contributed by atoms with Gasteiger partial charge < -0.3 is 10.4 Å². The summed E-state index contributed by atoms with van der Waals surface area (Å²) in [6.45, 7) is 2.61. The summed E-state index contributed by atoms with van der Waals surface area (Å²) in [7, 11) is 0. The molecule has 174 valence electrons. The number of aliphatic hydroxyl groups is 1. The normalized spacial score (nSPS) is 14.6. The lowest BCUT2D eigenvalue weighted by molar-refractivity contribution is 0.0576. The molecule has 5 rings (SSSR count). The van der Waals surface area contributed by atoms with Gasteiger partial charge in [-0.3, -0.25) is 9.89 Å². The fourth-order valence-corrected chi connectivity index (χ4v) is 4.40. The quantitative estimate of drug-likeness (QED) is 0.383. The van der Waals surface area contributed by atoms with Crippen LogP contribution in [0.4, 0.5) is 10.2 Å². The summed E-state index contributed by atoms with van der Waals surface area (Å²) in [5, 5.41) is 25.5. The van der Waals surface area contributed by atoms with Crippen molar-refractivity contribution in [1.29, 1.82) is 0 Å². The number of anilines is 1. The van der Waals surface area contributed by atoms with E-state index in [2.05, 4.69) is 20.6 Å². The molecule has 7 nitrogen and oxygen atoms in total. The Balaban J connectivity index is 1.62. The highest BCUT2D eigenvalue weighted by Gasteiger charge is 2.36. The molecule has 0 spiro atoms. The van der Waals surface area contributed by atoms with Crippen molar-refractivity contribution in [3.8, 4) is 28.2 Å². The van der Waals surface area contributed by atoms with E-state index in [0.717, 1.165) is 30.4 Å². The Labute approximate surface area is 196 Å². The molecule has 2 heterocycles. The van der Waals surface area contributed by atoms with Crippen molar-refractivity contribution in [3.63, 3.8) is 0 Å². The number of benzene rings is 2. The van der Waals surface area contributed by atoms with Crippen LogP contribution >= 0.6 is 0 Å². The third-order valence-corrected chi connectivity index (χ3v) is 6.68. The molecule has 0 saturated heterocycles. The average molecular weight is 460 g/mol. The zero-order valence-electron chi connectivity index (χ0n) is 18.9. The summed E-state index contributed by atoms with van der Waals surface area (Å²) in [5.41, 5.74) is 3.86. The van der Waals surface area contributed by atoms with Gasteiger partial charge in [0.05, 0.1) is 29.2 Å². The number of H-pyrrole nitrogens is 1. The van der Waals surface area contributed by atoms with Gasteiger partial charge in [0.15, 0.2) is 5.82 Å².